The zero-order valence-electron chi connectivity index (χ0n) is 19.1. The third kappa shape index (κ3) is 21.1. The fourth-order valence-electron chi connectivity index (χ4n) is 2.05. The summed E-state index contributed by atoms with van der Waals surface area (Å²) in [6, 6.07) is 0. The maximum absolute atomic E-state index is 13.1. The lowest BCUT2D eigenvalue weighted by Gasteiger charge is -2.31. The monoisotopic (exact) mass is 770 g/mol. The molecule has 0 aromatic heterocycles. The number of hydrogen-bond acceptors (Lipinski definition) is 13. The highest BCUT2D eigenvalue weighted by Crippen LogP contribution is 2.65. The highest BCUT2D eigenvalue weighted by Gasteiger charge is 2.48. The molecule has 0 aliphatic rings. The van der Waals surface area contributed by atoms with Crippen LogP contribution in [0.1, 0.15) is 0 Å². The van der Waals surface area contributed by atoms with Gasteiger partial charge in [-0.2, -0.15) is 28.4 Å². The Hall–Kier alpha value is 1.31. The van der Waals surface area contributed by atoms with Crippen LogP contribution in [-0.4, -0.2) is 52.5 Å². The molecule has 0 bridgehead atoms. The van der Waals surface area contributed by atoms with Crippen LogP contribution >= 0.6 is 68.1 Å². The Morgan fingerprint density at radius 2 is 0.625 bits per heavy atom. The second-order valence-corrected chi connectivity index (χ2v) is 25.9. The highest BCUT2D eigenvalue weighted by atomic mass is 31.3. The summed E-state index contributed by atoms with van der Waals surface area (Å²) in [7, 11) is -48.4. The van der Waals surface area contributed by atoms with Crippen LogP contribution in [0, 0.1) is 0 Å². The van der Waals surface area contributed by atoms with Crippen LogP contribution < -0.4 is 47.6 Å². The van der Waals surface area contributed by atoms with Gasteiger partial charge in [-0.05, 0) is 0 Å². The van der Waals surface area contributed by atoms with Gasteiger partial charge < -0.3 is 29.4 Å². The lowest BCUT2D eigenvalue weighted by atomic mass is 11.9. The maximum Gasteiger partial charge on any atom is 0.343 e. The Labute approximate surface area is 223 Å². The molecule has 0 saturated heterocycles. The van der Waals surface area contributed by atoms with E-state index in [1.807, 2.05) is 0 Å². The molecule has 28 nitrogen and oxygen atoms in total. The fourth-order valence-corrected chi connectivity index (χ4v) is 18.2. The molecular formula is C3H27N10O18P9. The predicted molar refractivity (Wildman–Crippen MR) is 136 cm³/mol. The molecule has 0 aliphatic heterocycles. The fraction of sp³-hybridized carbons (Fsp3) is 1.00. The van der Waals surface area contributed by atoms with Gasteiger partial charge >= 0.3 is 45.6 Å². The van der Waals surface area contributed by atoms with Crippen molar-refractivity contribution in [2.24, 2.45) is 33.0 Å². The molecule has 37 heteroatoms. The second kappa shape index (κ2) is 13.7. The Balaban J connectivity index is 7.17. The summed E-state index contributed by atoms with van der Waals surface area (Å²) < 4.78 is 122. The summed E-state index contributed by atoms with van der Waals surface area (Å²) in [6.07, 6.45) is 0. The average Bonchev–Trinajstić information content (AvgIpc) is 2.39. The van der Waals surface area contributed by atoms with E-state index in [4.69, 9.17) is 33.0 Å². The summed E-state index contributed by atoms with van der Waals surface area (Å²) in [6.45, 7) is 0. The zero-order valence-corrected chi connectivity index (χ0v) is 27.2. The van der Waals surface area contributed by atoms with Gasteiger partial charge in [-0.3, -0.25) is 57.6 Å². The van der Waals surface area contributed by atoms with Crippen molar-refractivity contribution in [2.45, 2.75) is 0 Å². The normalized spacial score (nSPS) is 26.3. The van der Waals surface area contributed by atoms with Crippen LogP contribution in [0.25, 0.3) is 0 Å². The number of nitrogens with two attached hydrogens (primary N) is 6. The quantitative estimate of drug-likeness (QED) is 0.0525. The van der Waals surface area contributed by atoms with Gasteiger partial charge in [-0.25, -0.2) is 16.5 Å². The number of nitrogens with one attached hydrogen (secondary N) is 3. The standard InChI is InChI=1S/C3H27N10O18P9/c4-32(14,15)1-35(20,10-38(7,23)24)29-13(30-36(21,2-33(5,16)17)11-39(8,25)26)31-37(22,3-34(6,18)19)12-40(9,27)28/h1-3H2,(H3,4,14,15)(H3,5,16,17)(H3,6,18,19)(H4,7,10,20,23,24)(H4,8,11,21,25,26)(H4,9,12,22,27,28). The Bertz CT molecular complexity index is 1100. The van der Waals surface area contributed by atoms with Crippen LogP contribution in [-0.2, 0) is 55.0 Å². The average molecular weight is 770 g/mol. The van der Waals surface area contributed by atoms with E-state index in [-0.39, 0.29) is 0 Å². The highest BCUT2D eigenvalue weighted by molar-refractivity contribution is 7.80. The topological polar surface area (TPSA) is 498 Å². The van der Waals surface area contributed by atoms with Crippen molar-refractivity contribution in [3.8, 4) is 0 Å². The van der Waals surface area contributed by atoms with E-state index >= 15 is 0 Å². The Morgan fingerprint density at radius 3 is 0.750 bits per heavy atom. The molecule has 0 amide bonds. The summed E-state index contributed by atoms with van der Waals surface area (Å²) in [5.41, 5.74) is 28.8. The van der Waals surface area contributed by atoms with Crippen LogP contribution in [0.3, 0.4) is 0 Å². The minimum Gasteiger partial charge on any atom is -0.333 e. The molecule has 9 unspecified atom stereocenters. The molecule has 0 heterocycles. The third-order valence-electron chi connectivity index (χ3n) is 2.65. The first-order chi connectivity index (χ1) is 17.0. The lowest BCUT2D eigenvalue weighted by molar-refractivity contribution is -0.410. The van der Waals surface area contributed by atoms with Gasteiger partial charge in [0.2, 0.25) is 0 Å². The van der Waals surface area contributed by atoms with E-state index in [0.29, 0.717) is 0 Å². The summed E-state index contributed by atoms with van der Waals surface area (Å²) >= 11 is 0. The first kappa shape index (κ1) is 41.3. The molecule has 0 radical (unpaired) electrons. The van der Waals surface area contributed by atoms with Gasteiger partial charge in [0.25, 0.3) is 22.6 Å². The first-order valence-electron chi connectivity index (χ1n) is 8.73. The minimum atomic E-state index is -5.69. The van der Waals surface area contributed by atoms with Crippen molar-refractivity contribution >= 4 is 68.1 Å². The summed E-state index contributed by atoms with van der Waals surface area (Å²) in [5, 5.41) is -1.21. The van der Waals surface area contributed by atoms with E-state index in [9.17, 15) is 70.4 Å². The van der Waals surface area contributed by atoms with E-state index < -0.39 is 91.2 Å². The van der Waals surface area contributed by atoms with E-state index in [1.165, 1.54) is 0 Å². The van der Waals surface area contributed by atoms with Crippen molar-refractivity contribution in [1.29, 1.82) is 0 Å². The molecule has 242 valence electrons. The molecule has 0 rings (SSSR count). The van der Waals surface area contributed by atoms with E-state index in [2.05, 4.69) is 13.9 Å². The largest absolute Gasteiger partial charge is 0.343 e. The number of hydrogen-bond donors (Lipinski definition) is 15. The smallest absolute Gasteiger partial charge is 0.333 e. The Kier molecular flexibility index (Phi) is 14.2. The molecule has 40 heavy (non-hydrogen) atoms. The van der Waals surface area contributed by atoms with Crippen molar-refractivity contribution in [2.75, 3.05) is 17.7 Å². The molecular weight excluding hydrogens is 743 g/mol. The summed E-state index contributed by atoms with van der Waals surface area (Å²) in [4.78, 5) is 59.3. The first-order valence-corrected chi connectivity index (χ1v) is 25.1. The molecule has 21 N–H and O–H groups in total. The number of rotatable bonds is 18. The van der Waals surface area contributed by atoms with Gasteiger partial charge in [0.05, 0.1) is 5.39 Å². The van der Waals surface area contributed by atoms with Crippen LogP contribution in [0.5, 0.6) is 0 Å². The lowest BCUT2D eigenvalue weighted by Crippen LogP contribution is -2.32. The van der Waals surface area contributed by atoms with Gasteiger partial charge in [-0.15, -0.1) is 0 Å². The van der Waals surface area contributed by atoms with Gasteiger partial charge in [0.1, 0.15) is 17.7 Å². The minimum absolute atomic E-state index is 1.06. The van der Waals surface area contributed by atoms with Gasteiger partial charge in [-0.1, -0.05) is 0 Å². The molecule has 0 saturated carbocycles. The van der Waals surface area contributed by atoms with Gasteiger partial charge in [0.15, 0.2) is 0 Å². The van der Waals surface area contributed by atoms with Crippen molar-refractivity contribution in [1.82, 2.24) is 20.0 Å². The van der Waals surface area contributed by atoms with E-state index in [1.54, 1.807) is 0 Å². The van der Waals surface area contributed by atoms with Crippen LogP contribution in [0.2, 0.25) is 0 Å². The molecule has 9 atom stereocenters. The van der Waals surface area contributed by atoms with Crippen molar-refractivity contribution in [3.63, 3.8) is 0 Å². The molecule has 0 aromatic carbocycles. The second-order valence-electron chi connectivity index (χ2n) is 7.35. The third-order valence-corrected chi connectivity index (χ3v) is 20.3. The van der Waals surface area contributed by atoms with Gasteiger partial charge in [0, 0.05) is 0 Å². The Morgan fingerprint density at radius 1 is 0.450 bits per heavy atom. The zero-order chi connectivity index (χ0) is 32.4. The van der Waals surface area contributed by atoms with Crippen molar-refractivity contribution in [3.05, 3.63) is 0 Å². The van der Waals surface area contributed by atoms with Crippen LogP contribution in [0.4, 0.5) is 0 Å². The molecule has 0 spiro atoms. The summed E-state index contributed by atoms with van der Waals surface area (Å²) in [5.74, 6) is -5.80. The maximum atomic E-state index is 13.1. The van der Waals surface area contributed by atoms with E-state index in [0.717, 1.165) is 14.6 Å². The SMILES string of the molecule is NP(=O)(O)CP(=O)(NP(N)(=O)O)ON(OP(=O)(CP(N)(=O)O)NP(N)(=O)O)OP(=O)(CP(N)(=O)O)NP(N)(=O)O. The predicted octanol–water partition coefficient (Wildman–Crippen LogP) is -2.09. The van der Waals surface area contributed by atoms with Crippen LogP contribution in [0.15, 0.2) is 0 Å². The molecule has 0 aliphatic carbocycles. The van der Waals surface area contributed by atoms with Crippen molar-refractivity contribution < 1.29 is 84.3 Å². The number of nitrogens with zero attached hydrogens (tertiary/aromatic N) is 1. The molecule has 0 fully saturated rings. The molecule has 0 aromatic rings.